The van der Waals surface area contributed by atoms with Crippen LogP contribution in [-0.4, -0.2) is 16.6 Å². The Kier molecular flexibility index (Phi) is 5.20. The average molecular weight is 247 g/mol. The van der Waals surface area contributed by atoms with Gasteiger partial charge in [0, 0.05) is 36.2 Å². The molecular weight excluding hydrogens is 226 g/mol. The van der Waals surface area contributed by atoms with Crippen molar-refractivity contribution in [2.24, 2.45) is 5.41 Å². The summed E-state index contributed by atoms with van der Waals surface area (Å²) < 4.78 is 0. The van der Waals surface area contributed by atoms with Crippen molar-refractivity contribution in [2.75, 3.05) is 0 Å². The van der Waals surface area contributed by atoms with Gasteiger partial charge in [-0.2, -0.15) is 0 Å². The van der Waals surface area contributed by atoms with Gasteiger partial charge in [-0.3, -0.25) is 14.6 Å². The third kappa shape index (κ3) is 4.78. The van der Waals surface area contributed by atoms with E-state index in [1.165, 1.54) is 0 Å². The molecule has 0 spiro atoms. The molecule has 18 heavy (non-hydrogen) atoms. The van der Waals surface area contributed by atoms with Crippen molar-refractivity contribution < 1.29 is 9.59 Å². The Bertz CT molecular complexity index is 404. The minimum absolute atomic E-state index is 0.103. The van der Waals surface area contributed by atoms with Crippen LogP contribution in [0.4, 0.5) is 0 Å². The molecular formula is C15H21NO2. The van der Waals surface area contributed by atoms with Crippen LogP contribution in [0.25, 0.3) is 0 Å². The van der Waals surface area contributed by atoms with Gasteiger partial charge in [-0.1, -0.05) is 20.8 Å². The number of hydrogen-bond acceptors (Lipinski definition) is 3. The molecule has 3 nitrogen and oxygen atoms in total. The zero-order valence-corrected chi connectivity index (χ0v) is 11.4. The van der Waals surface area contributed by atoms with Gasteiger partial charge >= 0.3 is 0 Å². The Morgan fingerprint density at radius 2 is 1.83 bits per heavy atom. The second-order valence-electron chi connectivity index (χ2n) is 5.55. The van der Waals surface area contributed by atoms with E-state index in [-0.39, 0.29) is 17.0 Å². The minimum atomic E-state index is -0.270. The van der Waals surface area contributed by atoms with Crippen LogP contribution < -0.4 is 0 Å². The molecule has 0 radical (unpaired) electrons. The van der Waals surface area contributed by atoms with Crippen molar-refractivity contribution in [2.45, 2.75) is 46.5 Å². The van der Waals surface area contributed by atoms with E-state index in [0.29, 0.717) is 18.4 Å². The molecule has 1 aromatic heterocycles. The van der Waals surface area contributed by atoms with Gasteiger partial charge in [0.25, 0.3) is 0 Å². The third-order valence-electron chi connectivity index (χ3n) is 2.88. The van der Waals surface area contributed by atoms with Gasteiger partial charge in [-0.05, 0) is 25.0 Å². The van der Waals surface area contributed by atoms with Gasteiger partial charge in [0.1, 0.15) is 5.78 Å². The molecule has 0 saturated carbocycles. The fourth-order valence-corrected chi connectivity index (χ4v) is 1.62. The molecule has 0 fully saturated rings. The van der Waals surface area contributed by atoms with Crippen molar-refractivity contribution in [3.8, 4) is 0 Å². The van der Waals surface area contributed by atoms with Gasteiger partial charge < -0.3 is 0 Å². The summed E-state index contributed by atoms with van der Waals surface area (Å²) in [4.78, 5) is 27.4. The number of unbranched alkanes of at least 4 members (excludes halogenated alkanes) is 1. The van der Waals surface area contributed by atoms with Crippen molar-refractivity contribution >= 4 is 11.6 Å². The zero-order chi connectivity index (χ0) is 13.6. The molecule has 98 valence electrons. The summed E-state index contributed by atoms with van der Waals surface area (Å²) in [5.41, 5.74) is 0.382. The Morgan fingerprint density at radius 1 is 1.17 bits per heavy atom. The van der Waals surface area contributed by atoms with E-state index in [0.717, 1.165) is 12.8 Å². The fraction of sp³-hybridized carbons (Fsp3) is 0.533. The van der Waals surface area contributed by atoms with E-state index in [1.807, 2.05) is 20.8 Å². The molecule has 0 aromatic carbocycles. The average Bonchev–Trinajstić information content (AvgIpc) is 2.34. The van der Waals surface area contributed by atoms with Crippen molar-refractivity contribution in [3.05, 3.63) is 30.1 Å². The second-order valence-corrected chi connectivity index (χ2v) is 5.55. The summed E-state index contributed by atoms with van der Waals surface area (Å²) in [6, 6.07) is 3.53. The Labute approximate surface area is 109 Å². The van der Waals surface area contributed by atoms with E-state index in [4.69, 9.17) is 0 Å². The van der Waals surface area contributed by atoms with Crippen LogP contribution in [0.5, 0.6) is 0 Å². The summed E-state index contributed by atoms with van der Waals surface area (Å²) in [6.07, 6.45) is 5.83. The maximum atomic E-state index is 11.8. The lowest BCUT2D eigenvalue weighted by Gasteiger charge is -2.15. The zero-order valence-electron chi connectivity index (χ0n) is 11.4. The molecule has 1 rings (SSSR count). The summed E-state index contributed by atoms with van der Waals surface area (Å²) in [7, 11) is 0. The number of aromatic nitrogens is 1. The minimum Gasteiger partial charge on any atom is -0.299 e. The van der Waals surface area contributed by atoms with Crippen LogP contribution in [0.15, 0.2) is 24.5 Å². The molecule has 0 saturated heterocycles. The summed E-state index contributed by atoms with van der Waals surface area (Å²) in [5, 5.41) is 0. The van der Waals surface area contributed by atoms with Crippen molar-refractivity contribution in [1.29, 1.82) is 0 Å². The highest BCUT2D eigenvalue weighted by molar-refractivity contribution is 5.95. The molecule has 0 atom stereocenters. The SMILES string of the molecule is CC(C)(C)C(=O)CCCCC(=O)c1cccnc1. The predicted octanol–water partition coefficient (Wildman–Crippen LogP) is 3.44. The first kappa shape index (κ1) is 14.6. The molecule has 0 aliphatic carbocycles. The monoisotopic (exact) mass is 247 g/mol. The standard InChI is InChI=1S/C15H21NO2/c1-15(2,3)14(18)9-5-4-8-13(17)12-7-6-10-16-11-12/h6-7,10-11H,4-5,8-9H2,1-3H3. The largest absolute Gasteiger partial charge is 0.299 e. The lowest BCUT2D eigenvalue weighted by Crippen LogP contribution is -2.19. The molecule has 0 bridgehead atoms. The number of ketones is 2. The highest BCUT2D eigenvalue weighted by Gasteiger charge is 2.20. The summed E-state index contributed by atoms with van der Waals surface area (Å²) >= 11 is 0. The van der Waals surface area contributed by atoms with E-state index in [9.17, 15) is 9.59 Å². The molecule has 0 aliphatic rings. The Hall–Kier alpha value is -1.51. The van der Waals surface area contributed by atoms with Crippen LogP contribution >= 0.6 is 0 Å². The number of nitrogens with zero attached hydrogens (tertiary/aromatic N) is 1. The molecule has 0 amide bonds. The number of rotatable bonds is 6. The topological polar surface area (TPSA) is 47.0 Å². The fourth-order valence-electron chi connectivity index (χ4n) is 1.62. The predicted molar refractivity (Wildman–Crippen MR) is 71.5 cm³/mol. The van der Waals surface area contributed by atoms with Gasteiger partial charge in [-0.15, -0.1) is 0 Å². The van der Waals surface area contributed by atoms with Crippen LogP contribution in [0.2, 0.25) is 0 Å². The number of Topliss-reactive ketones (excluding diaryl/α,β-unsaturated/α-hetero) is 2. The van der Waals surface area contributed by atoms with Crippen molar-refractivity contribution in [3.63, 3.8) is 0 Å². The first-order valence-electron chi connectivity index (χ1n) is 6.38. The normalized spacial score (nSPS) is 11.3. The van der Waals surface area contributed by atoms with Crippen molar-refractivity contribution in [1.82, 2.24) is 4.98 Å². The lowest BCUT2D eigenvalue weighted by atomic mass is 9.87. The first-order valence-corrected chi connectivity index (χ1v) is 6.38. The summed E-state index contributed by atoms with van der Waals surface area (Å²) in [6.45, 7) is 5.78. The van der Waals surface area contributed by atoms with E-state index >= 15 is 0 Å². The third-order valence-corrected chi connectivity index (χ3v) is 2.88. The molecule has 0 aliphatic heterocycles. The Morgan fingerprint density at radius 3 is 2.39 bits per heavy atom. The van der Waals surface area contributed by atoms with Crippen LogP contribution in [0, 0.1) is 5.41 Å². The maximum Gasteiger partial charge on any atom is 0.164 e. The molecule has 0 unspecified atom stereocenters. The first-order chi connectivity index (χ1) is 8.41. The van der Waals surface area contributed by atoms with Crippen LogP contribution in [0.3, 0.4) is 0 Å². The highest BCUT2D eigenvalue weighted by Crippen LogP contribution is 2.18. The number of carbonyl (C=O) groups excluding carboxylic acids is 2. The number of pyridine rings is 1. The van der Waals surface area contributed by atoms with Crippen LogP contribution in [-0.2, 0) is 4.79 Å². The number of hydrogen-bond donors (Lipinski definition) is 0. The Balaban J connectivity index is 2.27. The molecule has 3 heteroatoms. The van der Waals surface area contributed by atoms with E-state index in [2.05, 4.69) is 4.98 Å². The quantitative estimate of drug-likeness (QED) is 0.571. The number of carbonyl (C=O) groups is 2. The maximum absolute atomic E-state index is 11.8. The summed E-state index contributed by atoms with van der Waals surface area (Å²) in [5.74, 6) is 0.364. The molecule has 0 N–H and O–H groups in total. The van der Waals surface area contributed by atoms with E-state index < -0.39 is 0 Å². The molecule has 1 heterocycles. The highest BCUT2D eigenvalue weighted by atomic mass is 16.1. The van der Waals surface area contributed by atoms with Gasteiger partial charge in [-0.25, -0.2) is 0 Å². The van der Waals surface area contributed by atoms with Crippen LogP contribution in [0.1, 0.15) is 56.8 Å². The van der Waals surface area contributed by atoms with E-state index in [1.54, 1.807) is 24.5 Å². The van der Waals surface area contributed by atoms with Gasteiger partial charge in [0.05, 0.1) is 0 Å². The second kappa shape index (κ2) is 6.43. The van der Waals surface area contributed by atoms with Gasteiger partial charge in [0.2, 0.25) is 0 Å². The molecule has 1 aromatic rings. The van der Waals surface area contributed by atoms with Gasteiger partial charge in [0.15, 0.2) is 5.78 Å². The lowest BCUT2D eigenvalue weighted by molar-refractivity contribution is -0.126. The smallest absolute Gasteiger partial charge is 0.164 e.